The highest BCUT2D eigenvalue weighted by molar-refractivity contribution is 6.06. The molecule has 4 rings (SSSR count). The number of nitriles is 1. The van der Waals surface area contributed by atoms with E-state index >= 15 is 0 Å². The lowest BCUT2D eigenvalue weighted by Gasteiger charge is -2.17. The van der Waals surface area contributed by atoms with Crippen molar-refractivity contribution in [2.45, 2.75) is 6.42 Å². The molecule has 0 bridgehead atoms. The Morgan fingerprint density at radius 2 is 1.92 bits per heavy atom. The van der Waals surface area contributed by atoms with E-state index in [2.05, 4.69) is 21.4 Å². The topological polar surface area (TPSA) is 81.9 Å². The Morgan fingerprint density at radius 3 is 2.81 bits per heavy atom. The quantitative estimate of drug-likeness (QED) is 0.790. The third kappa shape index (κ3) is 2.87. The lowest BCUT2D eigenvalue weighted by Crippen LogP contribution is -2.29. The third-order valence-electron chi connectivity index (χ3n) is 4.33. The number of rotatable bonds is 3. The first-order valence-electron chi connectivity index (χ1n) is 8.24. The summed E-state index contributed by atoms with van der Waals surface area (Å²) in [5.74, 6) is 0.313. The zero-order valence-electron chi connectivity index (χ0n) is 13.9. The molecule has 0 fully saturated rings. The van der Waals surface area contributed by atoms with Crippen LogP contribution < -0.4 is 10.2 Å². The molecule has 0 aliphatic carbocycles. The van der Waals surface area contributed by atoms with Crippen molar-refractivity contribution in [1.82, 2.24) is 9.97 Å². The highest BCUT2D eigenvalue weighted by Gasteiger charge is 2.26. The molecule has 0 radical (unpaired) electrons. The van der Waals surface area contributed by atoms with Crippen LogP contribution in [-0.4, -0.2) is 22.4 Å². The summed E-state index contributed by atoms with van der Waals surface area (Å²) in [4.78, 5) is 22.9. The van der Waals surface area contributed by atoms with Crippen LogP contribution in [0.5, 0.6) is 0 Å². The zero-order chi connectivity index (χ0) is 17.9. The molecule has 2 heterocycles. The van der Waals surface area contributed by atoms with Gasteiger partial charge in [0.2, 0.25) is 0 Å². The molecule has 26 heavy (non-hydrogen) atoms. The SMILES string of the molecule is N#Cc1ccccc1Nc1cc(C(=O)N2CCc3ccccc32)ncn1. The molecule has 6 heteroatoms. The van der Waals surface area contributed by atoms with Crippen molar-refractivity contribution in [2.75, 3.05) is 16.8 Å². The second-order valence-electron chi connectivity index (χ2n) is 5.91. The Labute approximate surface area is 150 Å². The minimum atomic E-state index is -0.158. The molecule has 1 N–H and O–H groups in total. The lowest BCUT2D eigenvalue weighted by molar-refractivity contribution is 0.0984. The molecular weight excluding hydrogens is 326 g/mol. The van der Waals surface area contributed by atoms with Crippen molar-refractivity contribution < 1.29 is 4.79 Å². The minimum Gasteiger partial charge on any atom is -0.339 e. The normalized spacial score (nSPS) is 12.3. The molecule has 6 nitrogen and oxygen atoms in total. The summed E-state index contributed by atoms with van der Waals surface area (Å²) in [5.41, 5.74) is 3.55. The highest BCUT2D eigenvalue weighted by atomic mass is 16.2. The molecule has 1 amide bonds. The van der Waals surface area contributed by atoms with Crippen LogP contribution >= 0.6 is 0 Å². The largest absolute Gasteiger partial charge is 0.339 e. The Morgan fingerprint density at radius 1 is 1.12 bits per heavy atom. The van der Waals surface area contributed by atoms with Gasteiger partial charge in [0, 0.05) is 18.3 Å². The van der Waals surface area contributed by atoms with Gasteiger partial charge in [0.1, 0.15) is 23.9 Å². The zero-order valence-corrected chi connectivity index (χ0v) is 13.9. The van der Waals surface area contributed by atoms with E-state index in [9.17, 15) is 10.1 Å². The number of nitrogens with zero attached hydrogens (tertiary/aromatic N) is 4. The second kappa shape index (κ2) is 6.65. The maximum atomic E-state index is 12.9. The van der Waals surface area contributed by atoms with Crippen LogP contribution in [0.2, 0.25) is 0 Å². The molecule has 0 saturated heterocycles. The fraction of sp³-hybridized carbons (Fsp3) is 0.100. The molecule has 1 aliphatic rings. The maximum absolute atomic E-state index is 12.9. The molecule has 0 unspecified atom stereocenters. The fourth-order valence-corrected chi connectivity index (χ4v) is 3.06. The number of fused-ring (bicyclic) bond motifs is 1. The molecule has 0 saturated carbocycles. The Kier molecular flexibility index (Phi) is 4.04. The van der Waals surface area contributed by atoms with Gasteiger partial charge in [0.05, 0.1) is 11.3 Å². The number of nitrogens with one attached hydrogen (secondary N) is 1. The molecule has 0 spiro atoms. The standard InChI is InChI=1S/C20H15N5O/c21-12-15-6-1-3-7-16(15)24-19-11-17(22-13-23-19)20(26)25-10-9-14-5-2-4-8-18(14)25/h1-8,11,13H,9-10H2,(H,22,23,24). The van der Waals surface area contributed by atoms with Crippen molar-refractivity contribution in [3.8, 4) is 6.07 Å². The van der Waals surface area contributed by atoms with Gasteiger partial charge in [-0.15, -0.1) is 0 Å². The van der Waals surface area contributed by atoms with Gasteiger partial charge in [0.25, 0.3) is 5.91 Å². The Bertz CT molecular complexity index is 1020. The van der Waals surface area contributed by atoms with Crippen molar-refractivity contribution in [3.63, 3.8) is 0 Å². The molecule has 0 atom stereocenters. The van der Waals surface area contributed by atoms with Crippen LogP contribution in [0.3, 0.4) is 0 Å². The van der Waals surface area contributed by atoms with E-state index in [1.54, 1.807) is 29.2 Å². The minimum absolute atomic E-state index is 0.158. The molecule has 1 aromatic heterocycles. The summed E-state index contributed by atoms with van der Waals surface area (Å²) in [6.45, 7) is 0.641. The van der Waals surface area contributed by atoms with Crippen molar-refractivity contribution >= 4 is 23.1 Å². The predicted molar refractivity (Wildman–Crippen MR) is 98.3 cm³/mol. The van der Waals surface area contributed by atoms with Gasteiger partial charge < -0.3 is 10.2 Å². The number of hydrogen-bond donors (Lipinski definition) is 1. The smallest absolute Gasteiger partial charge is 0.277 e. The number of carbonyl (C=O) groups is 1. The molecule has 1 aliphatic heterocycles. The van der Waals surface area contributed by atoms with E-state index in [-0.39, 0.29) is 5.91 Å². The third-order valence-corrected chi connectivity index (χ3v) is 4.33. The number of amides is 1. The first-order chi connectivity index (χ1) is 12.8. The van der Waals surface area contributed by atoms with Gasteiger partial charge in [-0.05, 0) is 30.2 Å². The average molecular weight is 341 g/mol. The highest BCUT2D eigenvalue weighted by Crippen LogP contribution is 2.29. The van der Waals surface area contributed by atoms with Crippen LogP contribution in [-0.2, 0) is 6.42 Å². The van der Waals surface area contributed by atoms with Crippen molar-refractivity contribution in [2.24, 2.45) is 0 Å². The van der Waals surface area contributed by atoms with Gasteiger partial charge in [-0.25, -0.2) is 9.97 Å². The average Bonchev–Trinajstić information content (AvgIpc) is 3.12. The van der Waals surface area contributed by atoms with E-state index in [4.69, 9.17) is 0 Å². The molecule has 2 aromatic carbocycles. The maximum Gasteiger partial charge on any atom is 0.277 e. The first-order valence-corrected chi connectivity index (χ1v) is 8.24. The van der Waals surface area contributed by atoms with Crippen molar-refractivity contribution in [3.05, 3.63) is 77.7 Å². The fourth-order valence-electron chi connectivity index (χ4n) is 3.06. The van der Waals surface area contributed by atoms with Gasteiger partial charge in [-0.2, -0.15) is 5.26 Å². The Hall–Kier alpha value is -3.72. The van der Waals surface area contributed by atoms with E-state index < -0.39 is 0 Å². The van der Waals surface area contributed by atoms with E-state index in [0.29, 0.717) is 29.3 Å². The summed E-state index contributed by atoms with van der Waals surface area (Å²) in [7, 11) is 0. The van der Waals surface area contributed by atoms with Gasteiger partial charge in [0.15, 0.2) is 0 Å². The number of benzene rings is 2. The summed E-state index contributed by atoms with van der Waals surface area (Å²) in [6, 6.07) is 18.8. The van der Waals surface area contributed by atoms with E-state index in [1.807, 2.05) is 30.3 Å². The Balaban J connectivity index is 1.60. The number of anilines is 3. The number of aromatic nitrogens is 2. The summed E-state index contributed by atoms with van der Waals surface area (Å²) >= 11 is 0. The predicted octanol–water partition coefficient (Wildman–Crippen LogP) is 3.29. The van der Waals surface area contributed by atoms with Crippen LogP contribution in [0.15, 0.2) is 60.9 Å². The molecular formula is C20H15N5O. The van der Waals surface area contributed by atoms with Crippen LogP contribution in [0.25, 0.3) is 0 Å². The summed E-state index contributed by atoms with van der Waals surface area (Å²) < 4.78 is 0. The van der Waals surface area contributed by atoms with Crippen LogP contribution in [0.1, 0.15) is 21.6 Å². The summed E-state index contributed by atoms with van der Waals surface area (Å²) in [6.07, 6.45) is 2.19. The van der Waals surface area contributed by atoms with Gasteiger partial charge in [-0.1, -0.05) is 30.3 Å². The second-order valence-corrected chi connectivity index (χ2v) is 5.91. The molecule has 126 valence electrons. The number of carbonyl (C=O) groups excluding carboxylic acids is 1. The van der Waals surface area contributed by atoms with Gasteiger partial charge >= 0.3 is 0 Å². The lowest BCUT2D eigenvalue weighted by atomic mass is 10.2. The van der Waals surface area contributed by atoms with Crippen molar-refractivity contribution in [1.29, 1.82) is 5.26 Å². The number of para-hydroxylation sites is 2. The molecule has 3 aromatic rings. The van der Waals surface area contributed by atoms with Gasteiger partial charge in [-0.3, -0.25) is 4.79 Å². The summed E-state index contributed by atoms with van der Waals surface area (Å²) in [5, 5.41) is 12.3. The number of hydrogen-bond acceptors (Lipinski definition) is 5. The monoisotopic (exact) mass is 341 g/mol. The first kappa shape index (κ1) is 15.8. The van der Waals surface area contributed by atoms with Crippen LogP contribution in [0.4, 0.5) is 17.2 Å². The van der Waals surface area contributed by atoms with Crippen LogP contribution in [0, 0.1) is 11.3 Å². The van der Waals surface area contributed by atoms with E-state index in [0.717, 1.165) is 17.7 Å². The van der Waals surface area contributed by atoms with E-state index in [1.165, 1.54) is 6.33 Å².